The molecule has 0 radical (unpaired) electrons. The summed E-state index contributed by atoms with van der Waals surface area (Å²) in [5.41, 5.74) is 1.19. The van der Waals surface area contributed by atoms with Crippen molar-refractivity contribution in [2.75, 3.05) is 13.6 Å². The van der Waals surface area contributed by atoms with E-state index in [4.69, 9.17) is 0 Å². The van der Waals surface area contributed by atoms with E-state index in [2.05, 4.69) is 32.4 Å². The average Bonchev–Trinajstić information content (AvgIpc) is 2.50. The van der Waals surface area contributed by atoms with Crippen molar-refractivity contribution in [1.82, 2.24) is 4.90 Å². The van der Waals surface area contributed by atoms with Crippen molar-refractivity contribution < 1.29 is 0 Å². The van der Waals surface area contributed by atoms with Gasteiger partial charge in [0, 0.05) is 19.3 Å². The van der Waals surface area contributed by atoms with Gasteiger partial charge in [-0.2, -0.15) is 0 Å². The minimum Gasteiger partial charge on any atom is -0.379 e. The summed E-state index contributed by atoms with van der Waals surface area (Å²) in [6.07, 6.45) is 21.5. The zero-order valence-electron chi connectivity index (χ0n) is 16.0. The fourth-order valence-corrected chi connectivity index (χ4v) is 2.91. The maximum atomic E-state index is 3.97. The van der Waals surface area contributed by atoms with Crippen molar-refractivity contribution in [3.8, 4) is 0 Å². The highest BCUT2D eigenvalue weighted by Crippen LogP contribution is 2.13. The zero-order chi connectivity index (χ0) is 16.5. The molecule has 22 heavy (non-hydrogen) atoms. The Morgan fingerprint density at radius 2 is 0.955 bits per heavy atom. The van der Waals surface area contributed by atoms with E-state index < -0.39 is 0 Å². The molecule has 0 aliphatic carbocycles. The lowest BCUT2D eigenvalue weighted by atomic mass is 10.0. The molecule has 0 bridgehead atoms. The summed E-state index contributed by atoms with van der Waals surface area (Å²) in [5.74, 6) is 0. The van der Waals surface area contributed by atoms with Crippen LogP contribution in [-0.2, 0) is 0 Å². The van der Waals surface area contributed by atoms with E-state index in [1.54, 1.807) is 0 Å². The van der Waals surface area contributed by atoms with Crippen LogP contribution in [0.3, 0.4) is 0 Å². The predicted molar refractivity (Wildman–Crippen MR) is 102 cm³/mol. The Balaban J connectivity index is 3.04. The van der Waals surface area contributed by atoms with Crippen LogP contribution in [0.1, 0.15) is 110 Å². The van der Waals surface area contributed by atoms with Crippen LogP contribution >= 0.6 is 0 Å². The minimum absolute atomic E-state index is 1.17. The maximum absolute atomic E-state index is 3.97. The van der Waals surface area contributed by atoms with E-state index >= 15 is 0 Å². The molecular weight excluding hydrogens is 266 g/mol. The summed E-state index contributed by atoms with van der Waals surface area (Å²) in [6, 6.07) is 0. The van der Waals surface area contributed by atoms with Gasteiger partial charge >= 0.3 is 0 Å². The molecule has 0 aromatic rings. The molecule has 0 saturated carbocycles. The molecule has 1 nitrogen and oxygen atoms in total. The number of hydrogen-bond acceptors (Lipinski definition) is 1. The third-order valence-corrected chi connectivity index (χ3v) is 4.75. The van der Waals surface area contributed by atoms with Gasteiger partial charge in [0.1, 0.15) is 0 Å². The fourth-order valence-electron chi connectivity index (χ4n) is 2.91. The first-order valence-corrected chi connectivity index (χ1v) is 10.0. The van der Waals surface area contributed by atoms with Crippen molar-refractivity contribution in [2.24, 2.45) is 0 Å². The van der Waals surface area contributed by atoms with Gasteiger partial charge in [-0.05, 0) is 13.3 Å². The van der Waals surface area contributed by atoms with Crippen LogP contribution in [0.2, 0.25) is 0 Å². The third kappa shape index (κ3) is 15.9. The van der Waals surface area contributed by atoms with Crippen LogP contribution < -0.4 is 0 Å². The summed E-state index contributed by atoms with van der Waals surface area (Å²) in [5, 5.41) is 0. The highest BCUT2D eigenvalue weighted by atomic mass is 15.1. The quantitative estimate of drug-likeness (QED) is 0.254. The van der Waals surface area contributed by atoms with Crippen LogP contribution in [0.5, 0.6) is 0 Å². The van der Waals surface area contributed by atoms with Crippen molar-refractivity contribution in [2.45, 2.75) is 110 Å². The summed E-state index contributed by atoms with van der Waals surface area (Å²) in [7, 11) is 2.14. The van der Waals surface area contributed by atoms with Gasteiger partial charge in [0.05, 0.1) is 0 Å². The van der Waals surface area contributed by atoms with E-state index in [0.717, 1.165) is 0 Å². The molecule has 0 heterocycles. The Bertz CT molecular complexity index is 234. The molecule has 0 aliphatic rings. The SMILES string of the molecule is C=C(C)N(C)CCCCCCCCCCCCCCCCC. The largest absolute Gasteiger partial charge is 0.379 e. The molecule has 0 saturated heterocycles. The summed E-state index contributed by atoms with van der Waals surface area (Å²) < 4.78 is 0. The second-order valence-electron chi connectivity index (χ2n) is 7.11. The normalized spacial score (nSPS) is 10.9. The highest BCUT2D eigenvalue weighted by Gasteiger charge is 1.97. The number of unbranched alkanes of at least 4 members (excludes halogenated alkanes) is 14. The molecule has 0 fully saturated rings. The number of nitrogens with zero attached hydrogens (tertiary/aromatic N) is 1. The van der Waals surface area contributed by atoms with Crippen LogP contribution in [0, 0.1) is 0 Å². The highest BCUT2D eigenvalue weighted by molar-refractivity contribution is 4.85. The monoisotopic (exact) mass is 309 g/mol. The molecule has 0 aromatic heterocycles. The first-order chi connectivity index (χ1) is 10.7. The zero-order valence-corrected chi connectivity index (χ0v) is 16.0. The Kier molecular flexibility index (Phi) is 16.5. The molecule has 0 aliphatic heterocycles. The smallest absolute Gasteiger partial charge is 0.0171 e. The number of rotatable bonds is 17. The number of allylic oxidation sites excluding steroid dienone is 1. The van der Waals surface area contributed by atoms with Crippen LogP contribution in [0.4, 0.5) is 0 Å². The molecule has 0 N–H and O–H groups in total. The first-order valence-electron chi connectivity index (χ1n) is 10.0. The summed E-state index contributed by atoms with van der Waals surface area (Å²) >= 11 is 0. The van der Waals surface area contributed by atoms with E-state index in [-0.39, 0.29) is 0 Å². The lowest BCUT2D eigenvalue weighted by molar-refractivity contribution is 0.399. The maximum Gasteiger partial charge on any atom is 0.0171 e. The van der Waals surface area contributed by atoms with Gasteiger partial charge in [-0.25, -0.2) is 0 Å². The molecule has 0 unspecified atom stereocenters. The van der Waals surface area contributed by atoms with Gasteiger partial charge in [-0.15, -0.1) is 0 Å². The number of hydrogen-bond donors (Lipinski definition) is 0. The first kappa shape index (κ1) is 21.5. The van der Waals surface area contributed by atoms with E-state index in [9.17, 15) is 0 Å². The van der Waals surface area contributed by atoms with Gasteiger partial charge in [0.15, 0.2) is 0 Å². The van der Waals surface area contributed by atoms with Gasteiger partial charge in [-0.1, -0.05) is 103 Å². The fraction of sp³-hybridized carbons (Fsp3) is 0.905. The van der Waals surface area contributed by atoms with Crippen molar-refractivity contribution in [3.05, 3.63) is 12.3 Å². The van der Waals surface area contributed by atoms with Crippen LogP contribution in [0.25, 0.3) is 0 Å². The Labute approximate surface area is 141 Å². The standard InChI is InChI=1S/C21H43N/c1-5-6-7-8-9-10-11-12-13-14-15-16-17-18-19-20-22(4)21(2)3/h2,5-20H2,1,3-4H3. The van der Waals surface area contributed by atoms with Crippen LogP contribution in [0.15, 0.2) is 12.3 Å². The van der Waals surface area contributed by atoms with Crippen molar-refractivity contribution >= 4 is 0 Å². The second kappa shape index (κ2) is 16.9. The average molecular weight is 310 g/mol. The van der Waals surface area contributed by atoms with E-state index in [1.807, 2.05) is 0 Å². The van der Waals surface area contributed by atoms with Crippen molar-refractivity contribution in [3.63, 3.8) is 0 Å². The molecule has 1 heteroatoms. The van der Waals surface area contributed by atoms with Gasteiger partial charge in [0.25, 0.3) is 0 Å². The predicted octanol–water partition coefficient (Wildman–Crippen LogP) is 7.32. The molecule has 0 rings (SSSR count). The molecular formula is C21H43N. The second-order valence-corrected chi connectivity index (χ2v) is 7.11. The Morgan fingerprint density at radius 3 is 1.27 bits per heavy atom. The molecule has 0 spiro atoms. The molecule has 132 valence electrons. The van der Waals surface area contributed by atoms with Gasteiger partial charge < -0.3 is 4.90 Å². The third-order valence-electron chi connectivity index (χ3n) is 4.75. The molecule has 0 amide bonds. The van der Waals surface area contributed by atoms with Gasteiger partial charge in [0.2, 0.25) is 0 Å². The lowest BCUT2D eigenvalue weighted by Crippen LogP contribution is -2.16. The van der Waals surface area contributed by atoms with Crippen molar-refractivity contribution in [1.29, 1.82) is 0 Å². The Morgan fingerprint density at radius 1 is 0.636 bits per heavy atom. The van der Waals surface area contributed by atoms with E-state index in [1.165, 1.54) is 109 Å². The lowest BCUT2D eigenvalue weighted by Gasteiger charge is -2.18. The summed E-state index contributed by atoms with van der Waals surface area (Å²) in [6.45, 7) is 9.52. The topological polar surface area (TPSA) is 3.24 Å². The Hall–Kier alpha value is -0.460. The van der Waals surface area contributed by atoms with Gasteiger partial charge in [-0.3, -0.25) is 0 Å². The van der Waals surface area contributed by atoms with Crippen LogP contribution in [-0.4, -0.2) is 18.5 Å². The molecule has 0 atom stereocenters. The van der Waals surface area contributed by atoms with E-state index in [0.29, 0.717) is 0 Å². The minimum atomic E-state index is 1.17. The molecule has 0 aromatic carbocycles. The summed E-state index contributed by atoms with van der Waals surface area (Å²) in [4.78, 5) is 2.27.